The number of anilines is 1. The van der Waals surface area contributed by atoms with Gasteiger partial charge in [-0.15, -0.1) is 0 Å². The molecule has 0 radical (unpaired) electrons. The number of hydrogen-bond donors (Lipinski definition) is 1. The van der Waals surface area contributed by atoms with Gasteiger partial charge in [0.25, 0.3) is 0 Å². The lowest BCUT2D eigenvalue weighted by molar-refractivity contribution is -0.137. The summed E-state index contributed by atoms with van der Waals surface area (Å²) in [6.45, 7) is 0.649. The third kappa shape index (κ3) is 3.38. The van der Waals surface area contributed by atoms with Crippen LogP contribution in [0.25, 0.3) is 0 Å². The highest BCUT2D eigenvalue weighted by molar-refractivity contribution is 5.66. The molecule has 0 amide bonds. The fourth-order valence-electron chi connectivity index (χ4n) is 1.06. The molecule has 1 aromatic heterocycles. The van der Waals surface area contributed by atoms with Crippen LogP contribution in [-0.2, 0) is 4.79 Å². The molecule has 0 aromatic carbocycles. The van der Waals surface area contributed by atoms with E-state index in [-0.39, 0.29) is 6.42 Å². The van der Waals surface area contributed by atoms with Gasteiger partial charge in [0.2, 0.25) is 5.95 Å². The molecule has 1 heterocycles. The molecule has 1 N–H and O–H groups in total. The lowest BCUT2D eigenvalue weighted by Crippen LogP contribution is -2.21. The van der Waals surface area contributed by atoms with Gasteiger partial charge in [-0.2, -0.15) is 0 Å². The van der Waals surface area contributed by atoms with E-state index in [9.17, 15) is 4.79 Å². The van der Waals surface area contributed by atoms with E-state index in [0.29, 0.717) is 18.9 Å². The van der Waals surface area contributed by atoms with Crippen molar-refractivity contribution in [3.8, 4) is 0 Å². The standard InChI is InChI=1S/C9H13N3O2/c1-12(7-2-4-8(13)14)9-10-5-3-6-11-9/h3,5-6H,2,4,7H2,1H3,(H,13,14). The number of carbonyl (C=O) groups is 1. The highest BCUT2D eigenvalue weighted by Crippen LogP contribution is 2.03. The molecule has 0 saturated heterocycles. The monoisotopic (exact) mass is 195 g/mol. The molecule has 0 saturated carbocycles. The molecule has 76 valence electrons. The maximum atomic E-state index is 10.3. The second kappa shape index (κ2) is 5.16. The van der Waals surface area contributed by atoms with E-state index in [2.05, 4.69) is 9.97 Å². The number of aliphatic carboxylic acids is 1. The summed E-state index contributed by atoms with van der Waals surface area (Å²) in [7, 11) is 1.84. The minimum Gasteiger partial charge on any atom is -0.481 e. The summed E-state index contributed by atoms with van der Waals surface area (Å²) in [5.74, 6) is -0.148. The lowest BCUT2D eigenvalue weighted by atomic mass is 10.3. The van der Waals surface area contributed by atoms with Crippen molar-refractivity contribution in [1.29, 1.82) is 0 Å². The Labute approximate surface area is 82.4 Å². The third-order valence-corrected chi connectivity index (χ3v) is 1.78. The van der Waals surface area contributed by atoms with Gasteiger partial charge in [-0.1, -0.05) is 0 Å². The molecule has 0 aliphatic carbocycles. The average Bonchev–Trinajstić information content (AvgIpc) is 2.18. The molecule has 0 atom stereocenters. The van der Waals surface area contributed by atoms with E-state index >= 15 is 0 Å². The minimum absolute atomic E-state index is 0.178. The maximum absolute atomic E-state index is 10.3. The molecule has 5 nitrogen and oxygen atoms in total. The first-order chi connectivity index (χ1) is 6.70. The van der Waals surface area contributed by atoms with E-state index in [1.807, 2.05) is 11.9 Å². The van der Waals surface area contributed by atoms with Crippen molar-refractivity contribution in [2.45, 2.75) is 12.8 Å². The van der Waals surface area contributed by atoms with Crippen molar-refractivity contribution in [3.63, 3.8) is 0 Å². The smallest absolute Gasteiger partial charge is 0.303 e. The number of hydrogen-bond acceptors (Lipinski definition) is 4. The van der Waals surface area contributed by atoms with Crippen LogP contribution in [0.3, 0.4) is 0 Å². The summed E-state index contributed by atoms with van der Waals surface area (Å²) in [4.78, 5) is 20.2. The van der Waals surface area contributed by atoms with Crippen LogP contribution in [0.4, 0.5) is 5.95 Å². The number of aromatic nitrogens is 2. The molecule has 1 rings (SSSR count). The summed E-state index contributed by atoms with van der Waals surface area (Å²) in [5.41, 5.74) is 0. The molecule has 0 bridgehead atoms. The minimum atomic E-state index is -0.771. The van der Waals surface area contributed by atoms with Crippen molar-refractivity contribution in [2.75, 3.05) is 18.5 Å². The van der Waals surface area contributed by atoms with Gasteiger partial charge in [-0.05, 0) is 12.5 Å². The molecule has 5 heteroatoms. The summed E-state index contributed by atoms with van der Waals surface area (Å²) in [6.07, 6.45) is 4.10. The van der Waals surface area contributed by atoms with Crippen LogP contribution in [0, 0.1) is 0 Å². The first kappa shape index (κ1) is 10.4. The first-order valence-corrected chi connectivity index (χ1v) is 4.40. The van der Waals surface area contributed by atoms with Crippen molar-refractivity contribution in [2.24, 2.45) is 0 Å². The Morgan fingerprint density at radius 3 is 2.71 bits per heavy atom. The number of nitrogens with zero attached hydrogens (tertiary/aromatic N) is 3. The van der Waals surface area contributed by atoms with Gasteiger partial charge in [0.05, 0.1) is 0 Å². The Morgan fingerprint density at radius 2 is 2.14 bits per heavy atom. The Balaban J connectivity index is 2.36. The zero-order valence-corrected chi connectivity index (χ0v) is 8.05. The Morgan fingerprint density at radius 1 is 1.50 bits per heavy atom. The average molecular weight is 195 g/mol. The fraction of sp³-hybridized carbons (Fsp3) is 0.444. The summed E-state index contributed by atoms with van der Waals surface area (Å²) in [6, 6.07) is 1.74. The van der Waals surface area contributed by atoms with Gasteiger partial charge in [-0.3, -0.25) is 4.79 Å². The molecular formula is C9H13N3O2. The van der Waals surface area contributed by atoms with Gasteiger partial charge in [0.15, 0.2) is 0 Å². The molecule has 0 spiro atoms. The molecule has 0 aliphatic rings. The van der Waals surface area contributed by atoms with Crippen LogP contribution in [0.15, 0.2) is 18.5 Å². The first-order valence-electron chi connectivity index (χ1n) is 4.40. The third-order valence-electron chi connectivity index (χ3n) is 1.78. The number of carboxylic acid groups (broad SMARTS) is 1. The van der Waals surface area contributed by atoms with Crippen LogP contribution in [0.5, 0.6) is 0 Å². The summed E-state index contributed by atoms with van der Waals surface area (Å²) < 4.78 is 0. The van der Waals surface area contributed by atoms with E-state index < -0.39 is 5.97 Å². The molecule has 0 unspecified atom stereocenters. The van der Waals surface area contributed by atoms with Crippen LogP contribution in [-0.4, -0.2) is 34.6 Å². The normalized spacial score (nSPS) is 9.79. The maximum Gasteiger partial charge on any atom is 0.303 e. The van der Waals surface area contributed by atoms with Gasteiger partial charge in [-0.25, -0.2) is 9.97 Å². The van der Waals surface area contributed by atoms with Crippen LogP contribution < -0.4 is 4.90 Å². The molecule has 1 aromatic rings. The number of carboxylic acids is 1. The second-order valence-electron chi connectivity index (χ2n) is 2.97. The van der Waals surface area contributed by atoms with Crippen LogP contribution in [0.1, 0.15) is 12.8 Å². The predicted octanol–water partition coefficient (Wildman–Crippen LogP) is 0.778. The van der Waals surface area contributed by atoms with Crippen molar-refractivity contribution >= 4 is 11.9 Å². The Bertz CT molecular complexity index is 289. The zero-order valence-electron chi connectivity index (χ0n) is 8.05. The largest absolute Gasteiger partial charge is 0.481 e. The molecule has 14 heavy (non-hydrogen) atoms. The molecule has 0 fully saturated rings. The van der Waals surface area contributed by atoms with Gasteiger partial charge < -0.3 is 10.0 Å². The van der Waals surface area contributed by atoms with Crippen molar-refractivity contribution in [1.82, 2.24) is 9.97 Å². The van der Waals surface area contributed by atoms with Crippen molar-refractivity contribution < 1.29 is 9.90 Å². The SMILES string of the molecule is CN(CCCC(=O)O)c1ncccn1. The lowest BCUT2D eigenvalue weighted by Gasteiger charge is -2.15. The van der Waals surface area contributed by atoms with Crippen LogP contribution in [0.2, 0.25) is 0 Å². The van der Waals surface area contributed by atoms with E-state index in [1.54, 1.807) is 18.5 Å². The summed E-state index contributed by atoms with van der Waals surface area (Å²) in [5, 5.41) is 8.45. The zero-order chi connectivity index (χ0) is 10.4. The van der Waals surface area contributed by atoms with E-state index in [4.69, 9.17) is 5.11 Å². The second-order valence-corrected chi connectivity index (χ2v) is 2.97. The fourth-order valence-corrected chi connectivity index (χ4v) is 1.06. The van der Waals surface area contributed by atoms with Gasteiger partial charge >= 0.3 is 5.97 Å². The van der Waals surface area contributed by atoms with Gasteiger partial charge in [0.1, 0.15) is 0 Å². The Kier molecular flexibility index (Phi) is 3.84. The van der Waals surface area contributed by atoms with E-state index in [1.165, 1.54) is 0 Å². The molecular weight excluding hydrogens is 182 g/mol. The highest BCUT2D eigenvalue weighted by atomic mass is 16.4. The van der Waals surface area contributed by atoms with E-state index in [0.717, 1.165) is 0 Å². The highest BCUT2D eigenvalue weighted by Gasteiger charge is 2.03. The van der Waals surface area contributed by atoms with Gasteiger partial charge in [0, 0.05) is 32.4 Å². The van der Waals surface area contributed by atoms with Crippen LogP contribution >= 0.6 is 0 Å². The quantitative estimate of drug-likeness (QED) is 0.752. The number of rotatable bonds is 5. The topological polar surface area (TPSA) is 66.3 Å². The Hall–Kier alpha value is -1.65. The molecule has 0 aliphatic heterocycles. The predicted molar refractivity (Wildman–Crippen MR) is 52.2 cm³/mol. The van der Waals surface area contributed by atoms with Crippen molar-refractivity contribution in [3.05, 3.63) is 18.5 Å². The summed E-state index contributed by atoms with van der Waals surface area (Å²) >= 11 is 0.